The maximum absolute atomic E-state index is 12.7. The van der Waals surface area contributed by atoms with Gasteiger partial charge in [-0.1, -0.05) is 12.1 Å². The fraction of sp³-hybridized carbons (Fsp3) is 0.545. The van der Waals surface area contributed by atoms with Crippen LogP contribution >= 0.6 is 11.8 Å². The number of fused-ring (bicyclic) bond motifs is 1. The maximum Gasteiger partial charge on any atom is 0.328 e. The van der Waals surface area contributed by atoms with E-state index in [9.17, 15) is 19.2 Å². The van der Waals surface area contributed by atoms with Gasteiger partial charge in [-0.15, -0.1) is 0 Å². The second-order valence-corrected chi connectivity index (χ2v) is 8.96. The van der Waals surface area contributed by atoms with E-state index in [0.29, 0.717) is 36.7 Å². The highest BCUT2D eigenvalue weighted by molar-refractivity contribution is 7.98. The Balaban J connectivity index is 1.60. The molecular formula is C22H29N3O5S. The molecule has 1 aromatic carbocycles. The van der Waals surface area contributed by atoms with Crippen LogP contribution in [0.5, 0.6) is 0 Å². The topological polar surface area (TPSA) is 110 Å². The molecule has 1 aliphatic rings. The second-order valence-electron chi connectivity index (χ2n) is 7.97. The van der Waals surface area contributed by atoms with E-state index in [1.807, 2.05) is 6.26 Å². The molecule has 1 unspecified atom stereocenters. The van der Waals surface area contributed by atoms with Crippen molar-refractivity contribution in [1.29, 1.82) is 0 Å². The van der Waals surface area contributed by atoms with Gasteiger partial charge >= 0.3 is 11.7 Å². The van der Waals surface area contributed by atoms with Gasteiger partial charge in [0.25, 0.3) is 5.56 Å². The van der Waals surface area contributed by atoms with Crippen LogP contribution in [0.1, 0.15) is 32.1 Å². The van der Waals surface area contributed by atoms with Crippen molar-refractivity contribution in [3.05, 3.63) is 45.1 Å². The van der Waals surface area contributed by atoms with Crippen LogP contribution in [0.2, 0.25) is 0 Å². The molecule has 1 saturated carbocycles. The lowest BCUT2D eigenvalue weighted by atomic mass is 9.81. The van der Waals surface area contributed by atoms with Gasteiger partial charge in [0.2, 0.25) is 5.91 Å². The van der Waals surface area contributed by atoms with Gasteiger partial charge in [-0.05, 0) is 62.2 Å². The molecule has 0 radical (unpaired) electrons. The van der Waals surface area contributed by atoms with Crippen molar-refractivity contribution in [2.24, 2.45) is 11.8 Å². The van der Waals surface area contributed by atoms with E-state index in [-0.39, 0.29) is 23.3 Å². The van der Waals surface area contributed by atoms with Gasteiger partial charge in [0.15, 0.2) is 0 Å². The number of hydrogen-bond acceptors (Lipinski definition) is 6. The third-order valence-electron chi connectivity index (χ3n) is 5.96. The summed E-state index contributed by atoms with van der Waals surface area (Å²) in [6, 6.07) is 6.35. The first kappa shape index (κ1) is 23.1. The monoisotopic (exact) mass is 447 g/mol. The number of hydrogen-bond donors (Lipinski definition) is 2. The summed E-state index contributed by atoms with van der Waals surface area (Å²) < 4.78 is 6.07. The summed E-state index contributed by atoms with van der Waals surface area (Å²) in [5.41, 5.74) is -0.150. The molecule has 0 aliphatic heterocycles. The zero-order valence-electron chi connectivity index (χ0n) is 17.9. The summed E-state index contributed by atoms with van der Waals surface area (Å²) in [6.45, 7) is 0.339. The number of benzene rings is 1. The largest absolute Gasteiger partial charge is 0.467 e. The van der Waals surface area contributed by atoms with Crippen molar-refractivity contribution in [2.75, 3.05) is 19.1 Å². The van der Waals surface area contributed by atoms with Crippen molar-refractivity contribution in [3.8, 4) is 0 Å². The average molecular weight is 448 g/mol. The molecule has 8 nitrogen and oxygen atoms in total. The Morgan fingerprint density at radius 1 is 1.23 bits per heavy atom. The third kappa shape index (κ3) is 5.58. The molecular weight excluding hydrogens is 418 g/mol. The van der Waals surface area contributed by atoms with E-state index in [1.165, 1.54) is 11.7 Å². The van der Waals surface area contributed by atoms with E-state index < -0.39 is 17.7 Å². The number of rotatable bonds is 8. The normalized spacial score (nSPS) is 19.7. The minimum absolute atomic E-state index is 0.129. The minimum Gasteiger partial charge on any atom is -0.467 e. The molecule has 0 bridgehead atoms. The number of ether oxygens (including phenoxy) is 1. The van der Waals surface area contributed by atoms with Gasteiger partial charge in [0.05, 0.1) is 18.0 Å². The molecule has 1 amide bonds. The number of methoxy groups -OCH3 is 1. The molecule has 3 rings (SSSR count). The SMILES string of the molecule is COC(=O)C(CCSC)NC(=O)C1CCC(Cn2c(=O)[nH]c3ccccc3c2=O)CC1. The summed E-state index contributed by atoms with van der Waals surface area (Å²) in [5, 5.41) is 3.33. The highest BCUT2D eigenvalue weighted by Gasteiger charge is 2.30. The van der Waals surface area contributed by atoms with Gasteiger partial charge in [0.1, 0.15) is 6.04 Å². The van der Waals surface area contributed by atoms with Crippen LogP contribution in [0.15, 0.2) is 33.9 Å². The zero-order chi connectivity index (χ0) is 22.4. The number of nitrogens with one attached hydrogen (secondary N) is 2. The van der Waals surface area contributed by atoms with Crippen molar-refractivity contribution >= 4 is 34.5 Å². The fourth-order valence-corrected chi connectivity index (χ4v) is 4.62. The van der Waals surface area contributed by atoms with Crippen molar-refractivity contribution in [2.45, 2.75) is 44.7 Å². The smallest absolute Gasteiger partial charge is 0.328 e. The lowest BCUT2D eigenvalue weighted by molar-refractivity contribution is -0.145. The van der Waals surface area contributed by atoms with Crippen LogP contribution in [0.4, 0.5) is 0 Å². The number of thioether (sulfide) groups is 1. The van der Waals surface area contributed by atoms with Crippen LogP contribution in [-0.2, 0) is 20.9 Å². The summed E-state index contributed by atoms with van der Waals surface area (Å²) in [6.07, 6.45) is 5.28. The maximum atomic E-state index is 12.7. The number of H-pyrrole nitrogens is 1. The predicted octanol–water partition coefficient (Wildman–Crippen LogP) is 1.91. The number of para-hydroxylation sites is 1. The predicted molar refractivity (Wildman–Crippen MR) is 121 cm³/mol. The van der Waals surface area contributed by atoms with Crippen LogP contribution < -0.4 is 16.6 Å². The first-order chi connectivity index (χ1) is 14.9. The Hall–Kier alpha value is -2.55. The van der Waals surface area contributed by atoms with Crippen molar-refractivity contribution in [1.82, 2.24) is 14.9 Å². The Morgan fingerprint density at radius 2 is 1.94 bits per heavy atom. The van der Waals surface area contributed by atoms with Gasteiger partial charge < -0.3 is 15.0 Å². The Morgan fingerprint density at radius 3 is 2.61 bits per heavy atom. The number of aromatic nitrogens is 2. The first-order valence-electron chi connectivity index (χ1n) is 10.5. The molecule has 0 saturated heterocycles. The first-order valence-corrected chi connectivity index (χ1v) is 11.9. The molecule has 31 heavy (non-hydrogen) atoms. The molecule has 2 N–H and O–H groups in total. The van der Waals surface area contributed by atoms with E-state index in [2.05, 4.69) is 10.3 Å². The molecule has 1 fully saturated rings. The van der Waals surface area contributed by atoms with Crippen LogP contribution in [0, 0.1) is 11.8 Å². The third-order valence-corrected chi connectivity index (χ3v) is 6.60. The molecule has 168 valence electrons. The molecule has 1 atom stereocenters. The number of nitrogens with zero attached hydrogens (tertiary/aromatic N) is 1. The molecule has 0 spiro atoms. The molecule has 2 aromatic rings. The zero-order valence-corrected chi connectivity index (χ0v) is 18.7. The van der Waals surface area contributed by atoms with Gasteiger partial charge in [-0.3, -0.25) is 14.2 Å². The molecule has 1 aromatic heterocycles. The summed E-state index contributed by atoms with van der Waals surface area (Å²) in [7, 11) is 1.32. The number of amides is 1. The standard InChI is InChI=1S/C22H29N3O5S/c1-30-21(28)18(11-12-31-2)23-19(26)15-9-7-14(8-10-15)13-25-20(27)16-5-3-4-6-17(16)24-22(25)29/h3-6,14-15,18H,7-13H2,1-2H3,(H,23,26)(H,24,29). The lowest BCUT2D eigenvalue weighted by Crippen LogP contribution is -2.45. The molecule has 1 aliphatic carbocycles. The van der Waals surface area contributed by atoms with E-state index >= 15 is 0 Å². The van der Waals surface area contributed by atoms with Gasteiger partial charge in [-0.25, -0.2) is 9.59 Å². The van der Waals surface area contributed by atoms with Crippen molar-refractivity contribution in [3.63, 3.8) is 0 Å². The summed E-state index contributed by atoms with van der Waals surface area (Å²) >= 11 is 1.61. The number of carbonyl (C=O) groups is 2. The Bertz CT molecular complexity index is 1040. The van der Waals surface area contributed by atoms with Crippen LogP contribution in [0.25, 0.3) is 10.9 Å². The van der Waals surface area contributed by atoms with Gasteiger partial charge in [-0.2, -0.15) is 11.8 Å². The lowest BCUT2D eigenvalue weighted by Gasteiger charge is -2.29. The van der Waals surface area contributed by atoms with Crippen LogP contribution in [-0.4, -0.2) is 46.6 Å². The quantitative estimate of drug-likeness (QED) is 0.598. The van der Waals surface area contributed by atoms with E-state index in [4.69, 9.17) is 4.74 Å². The molecule has 9 heteroatoms. The summed E-state index contributed by atoms with van der Waals surface area (Å²) in [5.74, 6) is 0.171. The van der Waals surface area contributed by atoms with Crippen LogP contribution in [0.3, 0.4) is 0 Å². The Kier molecular flexibility index (Phi) is 7.95. The highest BCUT2D eigenvalue weighted by Crippen LogP contribution is 2.30. The highest BCUT2D eigenvalue weighted by atomic mass is 32.2. The van der Waals surface area contributed by atoms with E-state index in [1.54, 1.807) is 36.0 Å². The summed E-state index contributed by atoms with van der Waals surface area (Å²) in [4.78, 5) is 52.5. The van der Waals surface area contributed by atoms with E-state index in [0.717, 1.165) is 18.6 Å². The Labute approximate surface area is 184 Å². The van der Waals surface area contributed by atoms with Crippen molar-refractivity contribution < 1.29 is 14.3 Å². The fourth-order valence-electron chi connectivity index (χ4n) is 4.15. The minimum atomic E-state index is -0.627. The molecule has 1 heterocycles. The second kappa shape index (κ2) is 10.7. The number of aromatic amines is 1. The average Bonchev–Trinajstić information content (AvgIpc) is 2.79. The van der Waals surface area contributed by atoms with Gasteiger partial charge in [0, 0.05) is 12.5 Å². The number of esters is 1. The number of carbonyl (C=O) groups excluding carboxylic acids is 2.